The Hall–Kier alpha value is -3.03. The van der Waals surface area contributed by atoms with E-state index < -0.39 is 6.10 Å². The largest absolute Gasteiger partial charge is 0.385 e. The molecule has 7 heteroatoms. The zero-order valence-electron chi connectivity index (χ0n) is 16.0. The van der Waals surface area contributed by atoms with Crippen LogP contribution in [0.3, 0.4) is 0 Å². The Morgan fingerprint density at radius 2 is 1.83 bits per heavy atom. The fraction of sp³-hybridized carbons (Fsp3) is 0.182. The molecule has 4 rings (SSSR count). The number of Topliss-reactive ketones (excluding diaryl/α,β-unsaturated/α-hetero) is 1. The predicted octanol–water partition coefficient (Wildman–Crippen LogP) is 4.48. The quantitative estimate of drug-likeness (QED) is 0.258. The number of fused-ring (bicyclic) bond motifs is 3. The van der Waals surface area contributed by atoms with Crippen LogP contribution in [0.5, 0.6) is 0 Å². The molecule has 2 N–H and O–H groups in total. The van der Waals surface area contributed by atoms with Crippen molar-refractivity contribution in [3.8, 4) is 0 Å². The number of nitrogens with one attached hydrogen (secondary N) is 1. The fourth-order valence-corrected chi connectivity index (χ4v) is 3.26. The Morgan fingerprint density at radius 1 is 1.07 bits per heavy atom. The van der Waals surface area contributed by atoms with Gasteiger partial charge in [0.15, 0.2) is 11.6 Å². The first kappa shape index (κ1) is 19.3. The number of aliphatic hydroxyl groups excluding tert-OH is 1. The minimum Gasteiger partial charge on any atom is -0.385 e. The van der Waals surface area contributed by atoms with Crippen LogP contribution in [-0.4, -0.2) is 31.9 Å². The first-order chi connectivity index (χ1) is 13.9. The van der Waals surface area contributed by atoms with E-state index in [4.69, 9.17) is 4.98 Å². The van der Waals surface area contributed by atoms with Crippen LogP contribution >= 0.6 is 12.6 Å². The number of thiol groups is 1. The third-order valence-corrected chi connectivity index (χ3v) is 4.86. The van der Waals surface area contributed by atoms with Gasteiger partial charge in [-0.1, -0.05) is 30.3 Å². The lowest BCUT2D eigenvalue weighted by Gasteiger charge is -2.13. The lowest BCUT2D eigenvalue weighted by atomic mass is 10.0. The normalized spacial score (nSPS) is 13.4. The molecule has 0 saturated carbocycles. The number of aliphatic hydroxyl groups is 1. The summed E-state index contributed by atoms with van der Waals surface area (Å²) >= 11 is 4.45. The highest BCUT2D eigenvalue weighted by atomic mass is 32.1. The van der Waals surface area contributed by atoms with E-state index in [2.05, 4.69) is 27.9 Å². The molecule has 0 bridgehead atoms. The fourth-order valence-electron chi connectivity index (χ4n) is 3.14. The topological polar surface area (TPSA) is 88.0 Å². The molecule has 0 amide bonds. The van der Waals surface area contributed by atoms with Gasteiger partial charge in [-0.3, -0.25) is 4.79 Å². The average molecular weight is 404 g/mol. The van der Waals surface area contributed by atoms with E-state index in [0.29, 0.717) is 28.2 Å². The number of hydrogen-bond donors (Lipinski definition) is 3. The number of pyridine rings is 1. The number of benzene rings is 2. The molecule has 2 aromatic carbocycles. The number of hydrogen-bond acceptors (Lipinski definition) is 7. The smallest absolute Gasteiger partial charge is 0.191 e. The van der Waals surface area contributed by atoms with E-state index in [0.717, 1.165) is 16.5 Å². The third-order valence-electron chi connectivity index (χ3n) is 4.63. The summed E-state index contributed by atoms with van der Waals surface area (Å²) in [5.74, 6) is 0.832. The molecule has 2 aromatic heterocycles. The zero-order valence-corrected chi connectivity index (χ0v) is 16.9. The molecule has 0 fully saturated rings. The second-order valence-corrected chi connectivity index (χ2v) is 7.66. The molecule has 6 nitrogen and oxygen atoms in total. The highest BCUT2D eigenvalue weighted by molar-refractivity contribution is 7.80. The van der Waals surface area contributed by atoms with Gasteiger partial charge in [-0.25, -0.2) is 15.0 Å². The van der Waals surface area contributed by atoms with Crippen molar-refractivity contribution in [3.05, 3.63) is 66.1 Å². The lowest BCUT2D eigenvalue weighted by molar-refractivity contribution is 0.0779. The van der Waals surface area contributed by atoms with Gasteiger partial charge in [0.2, 0.25) is 0 Å². The molecular formula is C22H20N4O2S. The highest BCUT2D eigenvalue weighted by Gasteiger charge is 2.17. The Kier molecular flexibility index (Phi) is 5.17. The molecule has 2 heterocycles. The summed E-state index contributed by atoms with van der Waals surface area (Å²) < 4.78 is 0. The van der Waals surface area contributed by atoms with Crippen LogP contribution in [-0.2, 0) is 0 Å². The van der Waals surface area contributed by atoms with Gasteiger partial charge in [0.25, 0.3) is 0 Å². The second-order valence-electron chi connectivity index (χ2n) is 6.89. The number of aromatic nitrogens is 3. The molecule has 29 heavy (non-hydrogen) atoms. The monoisotopic (exact) mass is 404 g/mol. The maximum Gasteiger partial charge on any atom is 0.191 e. The van der Waals surface area contributed by atoms with Crippen molar-refractivity contribution >= 4 is 51.7 Å². The van der Waals surface area contributed by atoms with Gasteiger partial charge in [-0.2, -0.15) is 12.6 Å². The Labute approximate surface area is 173 Å². The number of para-hydroxylation sites is 1. The van der Waals surface area contributed by atoms with E-state index in [1.165, 1.54) is 6.92 Å². The summed E-state index contributed by atoms with van der Waals surface area (Å²) in [7, 11) is 0. The van der Waals surface area contributed by atoms with Gasteiger partial charge >= 0.3 is 0 Å². The molecule has 0 spiro atoms. The summed E-state index contributed by atoms with van der Waals surface area (Å²) in [6.07, 6.45) is 0.693. The van der Waals surface area contributed by atoms with Crippen LogP contribution in [0.25, 0.3) is 21.8 Å². The van der Waals surface area contributed by atoms with Gasteiger partial charge in [0.1, 0.15) is 17.4 Å². The molecular weight excluding hydrogens is 384 g/mol. The molecule has 4 aromatic rings. The van der Waals surface area contributed by atoms with E-state index in [1.54, 1.807) is 18.3 Å². The number of ketones is 1. The van der Waals surface area contributed by atoms with Crippen LogP contribution in [0, 0.1) is 0 Å². The van der Waals surface area contributed by atoms with Crippen molar-refractivity contribution in [3.63, 3.8) is 0 Å². The van der Waals surface area contributed by atoms with Crippen molar-refractivity contribution in [1.29, 1.82) is 0 Å². The molecule has 0 saturated heterocycles. The molecule has 0 aliphatic carbocycles. The molecule has 146 valence electrons. The summed E-state index contributed by atoms with van der Waals surface area (Å²) in [5.41, 5.74) is 2.59. The Bertz CT molecular complexity index is 1210. The van der Waals surface area contributed by atoms with Crippen LogP contribution in [0.2, 0.25) is 0 Å². The zero-order chi connectivity index (χ0) is 20.5. The van der Waals surface area contributed by atoms with E-state index in [9.17, 15) is 9.90 Å². The van der Waals surface area contributed by atoms with Crippen molar-refractivity contribution in [2.75, 3.05) is 5.32 Å². The van der Waals surface area contributed by atoms with Crippen molar-refractivity contribution in [1.82, 2.24) is 15.0 Å². The minimum absolute atomic E-state index is 0.120. The first-order valence-electron chi connectivity index (χ1n) is 9.27. The molecule has 0 radical (unpaired) electrons. The van der Waals surface area contributed by atoms with Crippen LogP contribution in [0.15, 0.2) is 54.7 Å². The van der Waals surface area contributed by atoms with Crippen LogP contribution < -0.4 is 5.32 Å². The molecule has 2 unspecified atom stereocenters. The third kappa shape index (κ3) is 3.79. The predicted molar refractivity (Wildman–Crippen MR) is 118 cm³/mol. The van der Waals surface area contributed by atoms with Gasteiger partial charge in [-0.05, 0) is 32.0 Å². The maximum atomic E-state index is 12.2. The summed E-state index contributed by atoms with van der Waals surface area (Å²) in [5, 5.41) is 14.5. The SMILES string of the molecule is CC(O)C(=O)c1ccc2c(c1)nc(Nc1ccccc1)c1nc(C(C)S)ncc12. The Balaban J connectivity index is 1.96. The van der Waals surface area contributed by atoms with E-state index in [1.807, 2.05) is 43.3 Å². The average Bonchev–Trinajstić information content (AvgIpc) is 2.73. The standard InChI is InChI=1S/C22H20N4O2S/c1-12(27)20(28)14-8-9-16-17-11-23-21(13(2)29)26-19(17)22(25-18(16)10-14)24-15-6-4-3-5-7-15/h3-13,27,29H,1-2H3,(H,24,25). The number of nitrogens with zero attached hydrogens (tertiary/aromatic N) is 3. The molecule has 2 atom stereocenters. The first-order valence-corrected chi connectivity index (χ1v) is 9.78. The summed E-state index contributed by atoms with van der Waals surface area (Å²) in [6.45, 7) is 3.37. The summed E-state index contributed by atoms with van der Waals surface area (Å²) in [6, 6.07) is 14.9. The maximum absolute atomic E-state index is 12.2. The molecule has 0 aliphatic rings. The molecule has 0 aliphatic heterocycles. The van der Waals surface area contributed by atoms with Crippen molar-refractivity contribution in [2.24, 2.45) is 0 Å². The van der Waals surface area contributed by atoms with Gasteiger partial charge in [0, 0.05) is 28.2 Å². The lowest BCUT2D eigenvalue weighted by Crippen LogP contribution is -2.16. The van der Waals surface area contributed by atoms with Gasteiger partial charge in [0.05, 0.1) is 10.8 Å². The van der Waals surface area contributed by atoms with E-state index >= 15 is 0 Å². The Morgan fingerprint density at radius 3 is 2.52 bits per heavy atom. The van der Waals surface area contributed by atoms with Crippen LogP contribution in [0.1, 0.15) is 35.3 Å². The van der Waals surface area contributed by atoms with Gasteiger partial charge in [-0.15, -0.1) is 0 Å². The van der Waals surface area contributed by atoms with Crippen LogP contribution in [0.4, 0.5) is 11.5 Å². The van der Waals surface area contributed by atoms with Crippen molar-refractivity contribution in [2.45, 2.75) is 25.2 Å². The highest BCUT2D eigenvalue weighted by Crippen LogP contribution is 2.31. The number of anilines is 2. The van der Waals surface area contributed by atoms with Crippen molar-refractivity contribution < 1.29 is 9.90 Å². The van der Waals surface area contributed by atoms with E-state index in [-0.39, 0.29) is 11.0 Å². The minimum atomic E-state index is -1.07. The number of carbonyl (C=O) groups excluding carboxylic acids is 1. The second kappa shape index (κ2) is 7.77. The summed E-state index contributed by atoms with van der Waals surface area (Å²) in [4.78, 5) is 26.1. The van der Waals surface area contributed by atoms with Gasteiger partial charge < -0.3 is 10.4 Å². The number of carbonyl (C=O) groups is 1. The number of rotatable bonds is 5.